The number of rotatable bonds is 9. The van der Waals surface area contributed by atoms with Gasteiger partial charge in [-0.25, -0.2) is 0 Å². The van der Waals surface area contributed by atoms with E-state index in [1.807, 2.05) is 12.2 Å². The molecular weight excluding hydrogens is 347 g/mol. The van der Waals surface area contributed by atoms with Gasteiger partial charge in [-0.2, -0.15) is 0 Å². The molecule has 0 aromatic heterocycles. The van der Waals surface area contributed by atoms with Gasteiger partial charge >= 0.3 is 0 Å². The first-order valence-corrected chi connectivity index (χ1v) is 8.89. The van der Waals surface area contributed by atoms with E-state index in [2.05, 4.69) is 13.0 Å². The van der Waals surface area contributed by atoms with E-state index in [0.717, 1.165) is 25.7 Å². The van der Waals surface area contributed by atoms with E-state index in [4.69, 9.17) is 23.2 Å². The standard InChI is InChI=1S/C19H24Cl2O3/c1-13(9-7-11-20)8-5-3-4-6-10-15-18(23)16(12-22)14(2)17(21)19(15)24/h4,6,8,12,23-24H,3,5,7,9-11H2,1-2H3/b6-4+,13-8+. The summed E-state index contributed by atoms with van der Waals surface area (Å²) in [7, 11) is 0. The molecular formula is C19H24Cl2O3. The quantitative estimate of drug-likeness (QED) is 0.253. The third-order valence-electron chi connectivity index (χ3n) is 3.91. The number of aromatic hydroxyl groups is 2. The summed E-state index contributed by atoms with van der Waals surface area (Å²) in [4.78, 5) is 11.1. The third-order valence-corrected chi connectivity index (χ3v) is 4.64. The van der Waals surface area contributed by atoms with E-state index in [1.165, 1.54) is 5.57 Å². The van der Waals surface area contributed by atoms with Crippen molar-refractivity contribution in [2.24, 2.45) is 0 Å². The van der Waals surface area contributed by atoms with E-state index in [0.29, 0.717) is 24.2 Å². The Morgan fingerprint density at radius 3 is 2.50 bits per heavy atom. The van der Waals surface area contributed by atoms with E-state index < -0.39 is 0 Å². The first-order valence-electron chi connectivity index (χ1n) is 7.98. The monoisotopic (exact) mass is 370 g/mol. The molecule has 2 N–H and O–H groups in total. The topological polar surface area (TPSA) is 57.5 Å². The van der Waals surface area contributed by atoms with Crippen LogP contribution in [-0.4, -0.2) is 22.4 Å². The van der Waals surface area contributed by atoms with E-state index >= 15 is 0 Å². The van der Waals surface area contributed by atoms with Crippen molar-refractivity contribution in [3.63, 3.8) is 0 Å². The number of carbonyl (C=O) groups is 1. The minimum Gasteiger partial charge on any atom is -0.507 e. The summed E-state index contributed by atoms with van der Waals surface area (Å²) < 4.78 is 0. The maximum Gasteiger partial charge on any atom is 0.154 e. The molecule has 0 aliphatic rings. The molecule has 5 heteroatoms. The van der Waals surface area contributed by atoms with Crippen LogP contribution >= 0.6 is 23.2 Å². The summed E-state index contributed by atoms with van der Waals surface area (Å²) in [6, 6.07) is 0. The van der Waals surface area contributed by atoms with Crippen molar-refractivity contribution in [3.8, 4) is 11.5 Å². The first-order chi connectivity index (χ1) is 11.4. The van der Waals surface area contributed by atoms with Crippen molar-refractivity contribution < 1.29 is 15.0 Å². The summed E-state index contributed by atoms with van der Waals surface area (Å²) in [5.74, 6) is 0.310. The molecule has 24 heavy (non-hydrogen) atoms. The van der Waals surface area contributed by atoms with Crippen molar-refractivity contribution in [1.29, 1.82) is 0 Å². The van der Waals surface area contributed by atoms with Crippen LogP contribution in [-0.2, 0) is 6.42 Å². The van der Waals surface area contributed by atoms with Crippen LogP contribution in [0.1, 0.15) is 54.1 Å². The lowest BCUT2D eigenvalue weighted by Crippen LogP contribution is -1.95. The number of carbonyl (C=O) groups excluding carboxylic acids is 1. The average molecular weight is 371 g/mol. The fourth-order valence-electron chi connectivity index (χ4n) is 2.41. The van der Waals surface area contributed by atoms with Gasteiger partial charge < -0.3 is 10.2 Å². The fraction of sp³-hybridized carbons (Fsp3) is 0.421. The lowest BCUT2D eigenvalue weighted by atomic mass is 10.00. The number of hydrogen-bond acceptors (Lipinski definition) is 3. The van der Waals surface area contributed by atoms with Crippen molar-refractivity contribution in [1.82, 2.24) is 0 Å². The van der Waals surface area contributed by atoms with Crippen LogP contribution in [0.15, 0.2) is 23.8 Å². The van der Waals surface area contributed by atoms with Crippen LogP contribution in [0.4, 0.5) is 0 Å². The van der Waals surface area contributed by atoms with Crippen LogP contribution in [0.2, 0.25) is 5.02 Å². The Balaban J connectivity index is 2.68. The van der Waals surface area contributed by atoms with Gasteiger partial charge in [0.05, 0.1) is 10.6 Å². The lowest BCUT2D eigenvalue weighted by Gasteiger charge is -2.12. The highest BCUT2D eigenvalue weighted by atomic mass is 35.5. The molecule has 132 valence electrons. The van der Waals surface area contributed by atoms with Gasteiger partial charge in [0, 0.05) is 11.4 Å². The summed E-state index contributed by atoms with van der Waals surface area (Å²) in [6.07, 6.45) is 10.7. The van der Waals surface area contributed by atoms with Gasteiger partial charge in [-0.15, -0.1) is 11.6 Å². The van der Waals surface area contributed by atoms with Crippen LogP contribution in [0.5, 0.6) is 11.5 Å². The number of benzene rings is 1. The minimum atomic E-state index is -0.203. The zero-order valence-electron chi connectivity index (χ0n) is 14.1. The van der Waals surface area contributed by atoms with Crippen molar-refractivity contribution in [3.05, 3.63) is 45.5 Å². The van der Waals surface area contributed by atoms with Gasteiger partial charge in [0.15, 0.2) is 6.29 Å². The molecule has 0 saturated heterocycles. The predicted octanol–water partition coefficient (Wildman–Crippen LogP) is 5.72. The fourth-order valence-corrected chi connectivity index (χ4v) is 2.76. The average Bonchev–Trinajstić information content (AvgIpc) is 2.57. The second-order valence-electron chi connectivity index (χ2n) is 5.74. The van der Waals surface area contributed by atoms with Crippen molar-refractivity contribution >= 4 is 29.5 Å². The number of hydrogen-bond donors (Lipinski definition) is 2. The largest absolute Gasteiger partial charge is 0.507 e. The van der Waals surface area contributed by atoms with Crippen molar-refractivity contribution in [2.45, 2.75) is 46.0 Å². The molecule has 0 unspecified atom stereocenters. The number of halogens is 2. The summed E-state index contributed by atoms with van der Waals surface area (Å²) in [5, 5.41) is 20.3. The maximum absolute atomic E-state index is 11.1. The molecule has 1 aromatic carbocycles. The van der Waals surface area contributed by atoms with Gasteiger partial charge in [0.25, 0.3) is 0 Å². The molecule has 0 radical (unpaired) electrons. The van der Waals surface area contributed by atoms with E-state index in [1.54, 1.807) is 6.92 Å². The summed E-state index contributed by atoms with van der Waals surface area (Å²) >= 11 is 11.7. The van der Waals surface area contributed by atoms with Crippen LogP contribution in [0, 0.1) is 6.92 Å². The number of aldehydes is 1. The summed E-state index contributed by atoms with van der Waals surface area (Å²) in [5.41, 5.74) is 2.11. The zero-order chi connectivity index (χ0) is 18.1. The number of unbranched alkanes of at least 4 members (excludes halogenated alkanes) is 1. The smallest absolute Gasteiger partial charge is 0.154 e. The Morgan fingerprint density at radius 1 is 1.17 bits per heavy atom. The van der Waals surface area contributed by atoms with Crippen LogP contribution in [0.25, 0.3) is 0 Å². The third kappa shape index (κ3) is 5.57. The second-order valence-corrected chi connectivity index (χ2v) is 6.50. The lowest BCUT2D eigenvalue weighted by molar-refractivity contribution is 0.112. The molecule has 0 aliphatic heterocycles. The molecule has 1 rings (SSSR count). The number of phenols is 2. The van der Waals surface area contributed by atoms with Gasteiger partial charge in [-0.1, -0.05) is 35.4 Å². The molecule has 0 atom stereocenters. The summed E-state index contributed by atoms with van der Waals surface area (Å²) in [6.45, 7) is 3.69. The van der Waals surface area contributed by atoms with Crippen LogP contribution < -0.4 is 0 Å². The highest BCUT2D eigenvalue weighted by Gasteiger charge is 2.18. The zero-order valence-corrected chi connectivity index (χ0v) is 15.6. The van der Waals surface area contributed by atoms with Gasteiger partial charge in [0.2, 0.25) is 0 Å². The molecule has 0 aliphatic carbocycles. The van der Waals surface area contributed by atoms with Crippen LogP contribution in [0.3, 0.4) is 0 Å². The Bertz CT molecular complexity index is 634. The number of alkyl halides is 1. The van der Waals surface area contributed by atoms with Gasteiger partial charge in [-0.3, -0.25) is 4.79 Å². The second kappa shape index (κ2) is 10.4. The minimum absolute atomic E-state index is 0.108. The predicted molar refractivity (Wildman–Crippen MR) is 101 cm³/mol. The number of phenolic OH excluding ortho intramolecular Hbond substituents is 2. The molecule has 1 aromatic rings. The van der Waals surface area contributed by atoms with Gasteiger partial charge in [0.1, 0.15) is 11.5 Å². The molecule has 3 nitrogen and oxygen atoms in total. The molecule has 0 spiro atoms. The Hall–Kier alpha value is -1.45. The van der Waals surface area contributed by atoms with E-state index in [-0.39, 0.29) is 27.6 Å². The van der Waals surface area contributed by atoms with Gasteiger partial charge in [-0.05, 0) is 51.5 Å². The Morgan fingerprint density at radius 2 is 1.88 bits per heavy atom. The van der Waals surface area contributed by atoms with E-state index in [9.17, 15) is 15.0 Å². The van der Waals surface area contributed by atoms with Crippen molar-refractivity contribution in [2.75, 3.05) is 5.88 Å². The molecule has 0 saturated carbocycles. The Labute approximate surface area is 153 Å². The molecule has 0 bridgehead atoms. The maximum atomic E-state index is 11.1. The number of allylic oxidation sites excluding steroid dienone is 4. The highest BCUT2D eigenvalue weighted by Crippen LogP contribution is 2.40. The first kappa shape index (κ1) is 20.6. The Kier molecular flexibility index (Phi) is 8.94. The SMILES string of the molecule is C/C(=C\CC/C=C/Cc1c(O)c(Cl)c(C)c(C=O)c1O)CCCCl. The molecule has 0 heterocycles. The highest BCUT2D eigenvalue weighted by molar-refractivity contribution is 6.33. The molecule has 0 amide bonds. The molecule has 0 fully saturated rings. The normalized spacial score (nSPS) is 12.1.